The number of para-hydroxylation sites is 1. The van der Waals surface area contributed by atoms with Crippen LogP contribution in [0.3, 0.4) is 0 Å². The van der Waals surface area contributed by atoms with Gasteiger partial charge in [-0.25, -0.2) is 0 Å². The highest BCUT2D eigenvalue weighted by Gasteiger charge is 2.23. The molecule has 0 saturated carbocycles. The summed E-state index contributed by atoms with van der Waals surface area (Å²) in [6.45, 7) is 16.0. The molecule has 0 aliphatic rings. The van der Waals surface area contributed by atoms with Gasteiger partial charge in [0, 0.05) is 23.1 Å². The smallest absolute Gasteiger partial charge is 0.194 e. The predicted octanol–water partition coefficient (Wildman–Crippen LogP) is 6.44. The molecule has 0 radical (unpaired) electrons. The van der Waals surface area contributed by atoms with Crippen molar-refractivity contribution in [1.29, 1.82) is 0 Å². The SMILES string of the molecule is Cc1cc(C(C)(C)C)cc(-c2cc(CC(C)C)c3ccccc3[n+]2C)c1C. The van der Waals surface area contributed by atoms with E-state index in [-0.39, 0.29) is 5.41 Å². The highest BCUT2D eigenvalue weighted by atomic mass is 14.9. The summed E-state index contributed by atoms with van der Waals surface area (Å²) in [6, 6.07) is 16.0. The topological polar surface area (TPSA) is 3.88 Å². The predicted molar refractivity (Wildman–Crippen MR) is 117 cm³/mol. The van der Waals surface area contributed by atoms with E-state index < -0.39 is 0 Å². The third-order valence-corrected chi connectivity index (χ3v) is 5.72. The fourth-order valence-electron chi connectivity index (χ4n) is 3.93. The number of nitrogens with zero attached hydrogens (tertiary/aromatic N) is 1. The molecule has 0 fully saturated rings. The molecule has 1 aromatic heterocycles. The van der Waals surface area contributed by atoms with E-state index in [2.05, 4.69) is 103 Å². The third-order valence-electron chi connectivity index (χ3n) is 5.72. The summed E-state index contributed by atoms with van der Waals surface area (Å²) in [5, 5.41) is 1.37. The Labute approximate surface area is 165 Å². The zero-order valence-electron chi connectivity index (χ0n) is 18.3. The number of hydrogen-bond donors (Lipinski definition) is 0. The first-order valence-electron chi connectivity index (χ1n) is 10.1. The van der Waals surface area contributed by atoms with E-state index in [0.29, 0.717) is 5.92 Å². The maximum Gasteiger partial charge on any atom is 0.213 e. The Kier molecular flexibility index (Phi) is 5.16. The van der Waals surface area contributed by atoms with Crippen molar-refractivity contribution in [1.82, 2.24) is 0 Å². The molecule has 3 aromatic rings. The van der Waals surface area contributed by atoms with Crippen molar-refractivity contribution in [3.63, 3.8) is 0 Å². The molecule has 0 N–H and O–H groups in total. The highest BCUT2D eigenvalue weighted by molar-refractivity contribution is 5.82. The molecule has 3 rings (SSSR count). The summed E-state index contributed by atoms with van der Waals surface area (Å²) in [7, 11) is 2.20. The Morgan fingerprint density at radius 2 is 1.63 bits per heavy atom. The van der Waals surface area contributed by atoms with Gasteiger partial charge in [-0.1, -0.05) is 52.8 Å². The lowest BCUT2D eigenvalue weighted by Crippen LogP contribution is -2.33. The molecule has 2 aromatic carbocycles. The summed E-state index contributed by atoms with van der Waals surface area (Å²) in [6.07, 6.45) is 1.10. The first-order valence-corrected chi connectivity index (χ1v) is 10.1. The van der Waals surface area contributed by atoms with Crippen molar-refractivity contribution in [2.45, 2.75) is 60.3 Å². The zero-order chi connectivity index (χ0) is 19.9. The minimum absolute atomic E-state index is 0.142. The molecule has 1 heterocycles. The second kappa shape index (κ2) is 7.11. The summed E-state index contributed by atoms with van der Waals surface area (Å²) in [4.78, 5) is 0. The highest BCUT2D eigenvalue weighted by Crippen LogP contribution is 2.33. The molecule has 0 spiro atoms. The lowest BCUT2D eigenvalue weighted by Gasteiger charge is -2.22. The van der Waals surface area contributed by atoms with Crippen LogP contribution >= 0.6 is 0 Å². The quantitative estimate of drug-likeness (QED) is 0.473. The average Bonchev–Trinajstić information content (AvgIpc) is 2.58. The van der Waals surface area contributed by atoms with Crippen molar-refractivity contribution in [2.24, 2.45) is 13.0 Å². The number of fused-ring (bicyclic) bond motifs is 1. The van der Waals surface area contributed by atoms with E-state index in [1.807, 2.05) is 0 Å². The molecular weight excluding hydrogens is 326 g/mol. The van der Waals surface area contributed by atoms with E-state index in [4.69, 9.17) is 0 Å². The molecule has 1 nitrogen and oxygen atoms in total. The fraction of sp³-hybridized carbons (Fsp3) is 0.423. The van der Waals surface area contributed by atoms with Gasteiger partial charge >= 0.3 is 0 Å². The van der Waals surface area contributed by atoms with Crippen LogP contribution in [0.15, 0.2) is 42.5 Å². The van der Waals surface area contributed by atoms with Crippen LogP contribution in [0.25, 0.3) is 22.2 Å². The Morgan fingerprint density at radius 3 is 2.26 bits per heavy atom. The van der Waals surface area contributed by atoms with Crippen molar-refractivity contribution in [3.8, 4) is 11.3 Å². The van der Waals surface area contributed by atoms with Gasteiger partial charge in [0.2, 0.25) is 11.2 Å². The number of aromatic nitrogens is 1. The van der Waals surface area contributed by atoms with Crippen LogP contribution in [0.1, 0.15) is 56.9 Å². The van der Waals surface area contributed by atoms with E-state index in [1.54, 1.807) is 0 Å². The van der Waals surface area contributed by atoms with Crippen LogP contribution in [0.5, 0.6) is 0 Å². The van der Waals surface area contributed by atoms with Crippen LogP contribution in [-0.2, 0) is 18.9 Å². The molecule has 0 aliphatic heterocycles. The van der Waals surface area contributed by atoms with Crippen molar-refractivity contribution >= 4 is 10.9 Å². The number of pyridine rings is 1. The number of aryl methyl sites for hydroxylation is 2. The molecule has 0 bridgehead atoms. The first-order chi connectivity index (χ1) is 12.6. The van der Waals surface area contributed by atoms with Crippen molar-refractivity contribution < 1.29 is 4.57 Å². The van der Waals surface area contributed by atoms with Crippen LogP contribution in [-0.4, -0.2) is 0 Å². The molecule has 27 heavy (non-hydrogen) atoms. The van der Waals surface area contributed by atoms with Crippen LogP contribution in [0, 0.1) is 19.8 Å². The summed E-state index contributed by atoms with van der Waals surface area (Å²) in [5.74, 6) is 0.637. The van der Waals surface area contributed by atoms with Crippen LogP contribution in [0.4, 0.5) is 0 Å². The van der Waals surface area contributed by atoms with Gasteiger partial charge in [0.1, 0.15) is 7.05 Å². The monoisotopic (exact) mass is 360 g/mol. The van der Waals surface area contributed by atoms with Gasteiger partial charge in [0.15, 0.2) is 0 Å². The minimum Gasteiger partial charge on any atom is -0.194 e. The van der Waals surface area contributed by atoms with E-state index in [0.717, 1.165) is 6.42 Å². The van der Waals surface area contributed by atoms with Crippen LogP contribution < -0.4 is 4.57 Å². The Morgan fingerprint density at radius 1 is 0.963 bits per heavy atom. The fourth-order valence-corrected chi connectivity index (χ4v) is 3.93. The van der Waals surface area contributed by atoms with E-state index in [1.165, 1.54) is 44.4 Å². The molecule has 0 saturated heterocycles. The van der Waals surface area contributed by atoms with Gasteiger partial charge in [0.25, 0.3) is 0 Å². The number of hydrogen-bond acceptors (Lipinski definition) is 0. The molecule has 0 amide bonds. The molecule has 0 aliphatic carbocycles. The third kappa shape index (κ3) is 3.78. The Bertz CT molecular complexity index is 987. The van der Waals surface area contributed by atoms with Gasteiger partial charge in [-0.3, -0.25) is 0 Å². The normalized spacial score (nSPS) is 12.2. The van der Waals surface area contributed by atoms with Gasteiger partial charge in [-0.2, -0.15) is 4.57 Å². The molecular formula is C26H34N+. The molecule has 1 heteroatoms. The Hall–Kier alpha value is -2.15. The lowest BCUT2D eigenvalue weighted by molar-refractivity contribution is -0.633. The Balaban J connectivity index is 2.35. The maximum absolute atomic E-state index is 2.43. The number of benzene rings is 2. The standard InChI is InChI=1S/C26H34N/c1-17(2)13-20-15-25(27(8)24-12-10-9-11-22(20)24)23-16-21(26(5,6)7)14-18(3)19(23)4/h9-12,14-17H,13H2,1-8H3/q+1. The van der Waals surface area contributed by atoms with Gasteiger partial charge < -0.3 is 0 Å². The summed E-state index contributed by atoms with van der Waals surface area (Å²) >= 11 is 0. The van der Waals surface area contributed by atoms with Crippen molar-refractivity contribution in [3.05, 3.63) is 64.7 Å². The molecule has 142 valence electrons. The van der Waals surface area contributed by atoms with E-state index >= 15 is 0 Å². The van der Waals surface area contributed by atoms with Gasteiger partial charge in [0.05, 0.1) is 0 Å². The number of rotatable bonds is 3. The molecule has 0 atom stereocenters. The second-order valence-electron chi connectivity index (χ2n) is 9.44. The summed E-state index contributed by atoms with van der Waals surface area (Å²) in [5.41, 5.74) is 9.73. The van der Waals surface area contributed by atoms with Crippen molar-refractivity contribution in [2.75, 3.05) is 0 Å². The minimum atomic E-state index is 0.142. The second-order valence-corrected chi connectivity index (χ2v) is 9.44. The summed E-state index contributed by atoms with van der Waals surface area (Å²) < 4.78 is 2.37. The molecule has 0 unspecified atom stereocenters. The van der Waals surface area contributed by atoms with E-state index in [9.17, 15) is 0 Å². The maximum atomic E-state index is 2.43. The van der Waals surface area contributed by atoms with Crippen LogP contribution in [0.2, 0.25) is 0 Å². The van der Waals surface area contributed by atoms with Gasteiger partial charge in [-0.05, 0) is 66.0 Å². The average molecular weight is 361 g/mol. The first kappa shape index (κ1) is 19.6. The zero-order valence-corrected chi connectivity index (χ0v) is 18.3. The van der Waals surface area contributed by atoms with Gasteiger partial charge in [-0.15, -0.1) is 0 Å². The lowest BCUT2D eigenvalue weighted by atomic mass is 9.83. The largest absolute Gasteiger partial charge is 0.213 e.